The molecule has 3 aliphatic rings. The van der Waals surface area contributed by atoms with E-state index in [1.807, 2.05) is 31.7 Å². The Balaban J connectivity index is 1.48. The average Bonchev–Trinajstić information content (AvgIpc) is 3.16. The number of ether oxygens (including phenoxy) is 1. The Morgan fingerprint density at radius 3 is 2.54 bits per heavy atom. The highest BCUT2D eigenvalue weighted by Crippen LogP contribution is 2.56. The first-order chi connectivity index (χ1) is 16.6. The van der Waals surface area contributed by atoms with Crippen LogP contribution in [0.4, 0.5) is 22.2 Å². The normalized spacial score (nSPS) is 23.0. The molecule has 5 rings (SSSR count). The van der Waals surface area contributed by atoms with Gasteiger partial charge in [-0.05, 0) is 59.6 Å². The molecule has 0 radical (unpaired) electrons. The number of fused-ring (bicyclic) bond motifs is 2. The van der Waals surface area contributed by atoms with E-state index in [0.29, 0.717) is 18.7 Å². The summed E-state index contributed by atoms with van der Waals surface area (Å²) in [6.07, 6.45) is 6.37. The molecule has 1 aliphatic carbocycles. The number of pyridine rings is 1. The monoisotopic (exact) mass is 475 g/mol. The van der Waals surface area contributed by atoms with Crippen LogP contribution in [0, 0.1) is 11.3 Å². The first-order valence-corrected chi connectivity index (χ1v) is 12.4. The number of hydrogen-bond donors (Lipinski definition) is 0. The first-order valence-electron chi connectivity index (χ1n) is 12.4. The summed E-state index contributed by atoms with van der Waals surface area (Å²) >= 11 is 0. The second-order valence-corrected chi connectivity index (χ2v) is 11.1. The van der Waals surface area contributed by atoms with Crippen LogP contribution in [0.2, 0.25) is 0 Å². The largest absolute Gasteiger partial charge is 0.444 e. The number of aromatic nitrogens is 3. The second kappa shape index (κ2) is 8.36. The van der Waals surface area contributed by atoms with Crippen molar-refractivity contribution >= 4 is 23.5 Å². The number of amides is 1. The van der Waals surface area contributed by atoms with Gasteiger partial charge in [-0.2, -0.15) is 5.26 Å². The van der Waals surface area contributed by atoms with Crippen LogP contribution in [0.5, 0.6) is 0 Å². The molecule has 2 atom stereocenters. The minimum atomic E-state index is -0.526. The van der Waals surface area contributed by atoms with E-state index in [1.165, 1.54) is 12.0 Å². The minimum Gasteiger partial charge on any atom is -0.444 e. The Hall–Kier alpha value is -3.41. The summed E-state index contributed by atoms with van der Waals surface area (Å²) in [5, 5.41) is 9.39. The van der Waals surface area contributed by atoms with Crippen LogP contribution in [-0.4, -0.2) is 63.3 Å². The minimum absolute atomic E-state index is 0.0124. The highest BCUT2D eigenvalue weighted by atomic mass is 16.6. The Morgan fingerprint density at radius 2 is 1.89 bits per heavy atom. The van der Waals surface area contributed by atoms with Crippen LogP contribution in [0.15, 0.2) is 24.7 Å². The van der Waals surface area contributed by atoms with Gasteiger partial charge < -0.3 is 19.4 Å². The lowest BCUT2D eigenvalue weighted by atomic mass is 9.66. The highest BCUT2D eigenvalue weighted by Gasteiger charge is 2.52. The molecule has 2 aromatic rings. The van der Waals surface area contributed by atoms with E-state index in [1.54, 1.807) is 18.6 Å². The molecule has 184 valence electrons. The number of hydrogen-bond acceptors (Lipinski definition) is 8. The van der Waals surface area contributed by atoms with Crippen LogP contribution >= 0.6 is 0 Å². The molecule has 4 heterocycles. The fraction of sp³-hybridized carbons (Fsp3) is 0.577. The maximum Gasteiger partial charge on any atom is 0.410 e. The maximum absolute atomic E-state index is 12.8. The van der Waals surface area contributed by atoms with E-state index >= 15 is 0 Å². The number of carbonyl (C=O) groups is 1. The molecule has 2 aromatic heterocycles. The molecule has 1 spiro atoms. The zero-order valence-corrected chi connectivity index (χ0v) is 21.2. The van der Waals surface area contributed by atoms with Crippen molar-refractivity contribution < 1.29 is 9.53 Å². The molecule has 1 saturated carbocycles. The van der Waals surface area contributed by atoms with Crippen LogP contribution in [0.3, 0.4) is 0 Å². The van der Waals surface area contributed by atoms with Crippen molar-refractivity contribution in [2.75, 3.05) is 29.4 Å². The third kappa shape index (κ3) is 4.05. The van der Waals surface area contributed by atoms with Crippen molar-refractivity contribution in [2.45, 2.75) is 77.0 Å². The van der Waals surface area contributed by atoms with Crippen LogP contribution in [-0.2, 0) is 10.2 Å². The van der Waals surface area contributed by atoms with Crippen molar-refractivity contribution in [3.63, 3.8) is 0 Å². The van der Waals surface area contributed by atoms with Gasteiger partial charge in [0, 0.05) is 48.9 Å². The van der Waals surface area contributed by atoms with Gasteiger partial charge in [0.1, 0.15) is 29.4 Å². The lowest BCUT2D eigenvalue weighted by Crippen LogP contribution is -2.59. The highest BCUT2D eigenvalue weighted by molar-refractivity contribution is 5.75. The van der Waals surface area contributed by atoms with Crippen molar-refractivity contribution in [3.05, 3.63) is 35.8 Å². The number of anilines is 3. The van der Waals surface area contributed by atoms with Gasteiger partial charge in [-0.1, -0.05) is 6.42 Å². The molecule has 2 aliphatic heterocycles. The van der Waals surface area contributed by atoms with Crippen molar-refractivity contribution in [1.29, 1.82) is 5.26 Å². The third-order valence-corrected chi connectivity index (χ3v) is 7.40. The summed E-state index contributed by atoms with van der Waals surface area (Å²) in [6, 6.07) is 5.82. The molecule has 1 amide bonds. The molecular weight excluding hydrogens is 442 g/mol. The van der Waals surface area contributed by atoms with Gasteiger partial charge in [0.15, 0.2) is 0 Å². The zero-order chi connectivity index (χ0) is 25.0. The zero-order valence-electron chi connectivity index (χ0n) is 21.2. The van der Waals surface area contributed by atoms with E-state index < -0.39 is 5.60 Å². The topological polar surface area (TPSA) is 98.5 Å². The third-order valence-electron chi connectivity index (χ3n) is 7.40. The quantitative estimate of drug-likeness (QED) is 0.639. The number of carbonyl (C=O) groups excluding carboxylic acids is 1. The molecule has 0 bridgehead atoms. The standard InChI is InChI=1S/C26H33N7O2/c1-17-14-32(24(34)35-25(3,4)5)18(2)13-31(17)22-21-23(30-16-29-22)33(15-26(21)8-6-9-26)20-11-19(12-27)7-10-28-20/h7,10-11,16-18H,6,8-9,13-15H2,1-5H3/t17-,18+/m1/s1. The summed E-state index contributed by atoms with van der Waals surface area (Å²) < 4.78 is 5.66. The number of nitriles is 1. The van der Waals surface area contributed by atoms with Crippen molar-refractivity contribution in [1.82, 2.24) is 19.9 Å². The van der Waals surface area contributed by atoms with Gasteiger partial charge in [0.05, 0.1) is 11.6 Å². The fourth-order valence-electron chi connectivity index (χ4n) is 5.55. The van der Waals surface area contributed by atoms with E-state index in [4.69, 9.17) is 14.7 Å². The first kappa shape index (κ1) is 23.3. The van der Waals surface area contributed by atoms with Gasteiger partial charge in [-0.25, -0.2) is 19.7 Å². The molecule has 9 nitrogen and oxygen atoms in total. The summed E-state index contributed by atoms with van der Waals surface area (Å²) in [6.45, 7) is 11.9. The van der Waals surface area contributed by atoms with Crippen molar-refractivity contribution in [2.24, 2.45) is 0 Å². The molecule has 0 N–H and O–H groups in total. The van der Waals surface area contributed by atoms with E-state index in [9.17, 15) is 10.1 Å². The number of nitrogens with zero attached hydrogens (tertiary/aromatic N) is 7. The van der Waals surface area contributed by atoms with E-state index in [-0.39, 0.29) is 23.6 Å². The molecule has 1 saturated heterocycles. The summed E-state index contributed by atoms with van der Waals surface area (Å²) in [4.78, 5) is 33.2. The van der Waals surface area contributed by atoms with Gasteiger partial charge in [0.25, 0.3) is 0 Å². The molecule has 0 aromatic carbocycles. The van der Waals surface area contributed by atoms with E-state index in [0.717, 1.165) is 36.8 Å². The van der Waals surface area contributed by atoms with Crippen molar-refractivity contribution in [3.8, 4) is 6.07 Å². The molecule has 2 fully saturated rings. The number of piperazine rings is 1. The van der Waals surface area contributed by atoms with Gasteiger partial charge >= 0.3 is 6.09 Å². The Bertz CT molecular complexity index is 1180. The van der Waals surface area contributed by atoms with Gasteiger partial charge in [0.2, 0.25) is 0 Å². The fourth-order valence-corrected chi connectivity index (χ4v) is 5.55. The van der Waals surface area contributed by atoms with Crippen LogP contribution < -0.4 is 9.80 Å². The van der Waals surface area contributed by atoms with Gasteiger partial charge in [-0.15, -0.1) is 0 Å². The number of rotatable bonds is 2. The predicted molar refractivity (Wildman–Crippen MR) is 133 cm³/mol. The summed E-state index contributed by atoms with van der Waals surface area (Å²) in [5.41, 5.74) is 1.23. The Labute approximate surface area is 206 Å². The van der Waals surface area contributed by atoms with E-state index in [2.05, 4.69) is 34.7 Å². The smallest absolute Gasteiger partial charge is 0.410 e. The average molecular weight is 476 g/mol. The van der Waals surface area contributed by atoms with Crippen LogP contribution in [0.25, 0.3) is 0 Å². The summed E-state index contributed by atoms with van der Waals surface area (Å²) in [5.74, 6) is 2.58. The molecular formula is C26H33N7O2. The molecule has 9 heteroatoms. The SMILES string of the molecule is C[C@@H]1CN(C(=O)OC(C)(C)C)[C@@H](C)CN1c1ncnc2c1C1(CCC1)CN2c1cc(C#N)ccn1. The summed E-state index contributed by atoms with van der Waals surface area (Å²) in [7, 11) is 0. The Kier molecular flexibility index (Phi) is 5.58. The molecule has 35 heavy (non-hydrogen) atoms. The Morgan fingerprint density at radius 1 is 1.14 bits per heavy atom. The second-order valence-electron chi connectivity index (χ2n) is 11.1. The lowest BCUT2D eigenvalue weighted by Gasteiger charge is -2.46. The van der Waals surface area contributed by atoms with Gasteiger partial charge in [-0.3, -0.25) is 0 Å². The maximum atomic E-state index is 12.8. The van der Waals surface area contributed by atoms with Crippen LogP contribution in [0.1, 0.15) is 65.0 Å². The molecule has 0 unspecified atom stereocenters. The lowest BCUT2D eigenvalue weighted by molar-refractivity contribution is 0.0129. The predicted octanol–water partition coefficient (Wildman–Crippen LogP) is 4.15.